The van der Waals surface area contributed by atoms with E-state index in [0.29, 0.717) is 6.42 Å². The molecular weight excluding hydrogens is 140 g/mol. The van der Waals surface area contributed by atoms with Crippen molar-refractivity contribution in [2.24, 2.45) is 0 Å². The Hall–Kier alpha value is -0.630. The number of rotatable bonds is 1. The molecule has 0 radical (unpaired) electrons. The molecule has 0 N–H and O–H groups in total. The number of allylic oxidation sites excluding steroid dienone is 1. The fourth-order valence-electron chi connectivity index (χ4n) is 1.08. The summed E-state index contributed by atoms with van der Waals surface area (Å²) >= 11 is 0. The minimum Gasteiger partial charge on any atom is -0.368 e. The Morgan fingerprint density at radius 1 is 1.55 bits per heavy atom. The summed E-state index contributed by atoms with van der Waals surface area (Å²) in [5.41, 5.74) is -0.153. The van der Waals surface area contributed by atoms with Crippen LogP contribution in [0.3, 0.4) is 0 Å². The highest BCUT2D eigenvalue weighted by atomic mass is 16.5. The van der Waals surface area contributed by atoms with Crippen molar-refractivity contribution < 1.29 is 9.53 Å². The zero-order valence-corrected chi connectivity index (χ0v) is 7.26. The lowest BCUT2D eigenvalue weighted by atomic mass is 10.2. The topological polar surface area (TPSA) is 26.3 Å². The first kappa shape index (κ1) is 8.47. The van der Waals surface area contributed by atoms with Crippen molar-refractivity contribution in [1.82, 2.24) is 0 Å². The van der Waals surface area contributed by atoms with Gasteiger partial charge >= 0.3 is 0 Å². The maximum Gasteiger partial charge on any atom is 0.158 e. The van der Waals surface area contributed by atoms with E-state index in [9.17, 15) is 4.79 Å². The first-order chi connectivity index (χ1) is 4.97. The molecule has 0 bridgehead atoms. The third kappa shape index (κ3) is 2.85. The Morgan fingerprint density at radius 2 is 2.18 bits per heavy atom. The highest BCUT2D eigenvalue weighted by Crippen LogP contribution is 2.17. The van der Waals surface area contributed by atoms with Crippen LogP contribution in [0.1, 0.15) is 27.2 Å². The van der Waals surface area contributed by atoms with E-state index in [2.05, 4.69) is 0 Å². The van der Waals surface area contributed by atoms with Crippen LogP contribution in [0.25, 0.3) is 0 Å². The van der Waals surface area contributed by atoms with Crippen molar-refractivity contribution in [3.05, 3.63) is 12.2 Å². The third-order valence-corrected chi connectivity index (χ3v) is 1.40. The molecule has 0 aromatic rings. The molecule has 0 aromatic carbocycles. The van der Waals surface area contributed by atoms with Crippen molar-refractivity contribution in [2.45, 2.75) is 38.9 Å². The molecule has 2 nitrogen and oxygen atoms in total. The summed E-state index contributed by atoms with van der Waals surface area (Å²) in [7, 11) is 0. The molecule has 11 heavy (non-hydrogen) atoms. The number of hydrogen-bond donors (Lipinski definition) is 0. The largest absolute Gasteiger partial charge is 0.368 e. The van der Waals surface area contributed by atoms with Gasteiger partial charge in [-0.15, -0.1) is 0 Å². The normalized spacial score (nSPS) is 24.6. The highest BCUT2D eigenvalue weighted by Gasteiger charge is 2.21. The molecule has 62 valence electrons. The SMILES string of the molecule is CC(C)(C)O[C@H]1C=CC(=O)C1. The lowest BCUT2D eigenvalue weighted by Gasteiger charge is -2.23. The van der Waals surface area contributed by atoms with Gasteiger partial charge in [-0.2, -0.15) is 0 Å². The third-order valence-electron chi connectivity index (χ3n) is 1.40. The van der Waals surface area contributed by atoms with Gasteiger partial charge in [0.25, 0.3) is 0 Å². The monoisotopic (exact) mass is 154 g/mol. The van der Waals surface area contributed by atoms with Gasteiger partial charge in [0.15, 0.2) is 5.78 Å². The zero-order valence-electron chi connectivity index (χ0n) is 7.26. The first-order valence-electron chi connectivity index (χ1n) is 3.86. The van der Waals surface area contributed by atoms with Crippen molar-refractivity contribution in [1.29, 1.82) is 0 Å². The zero-order chi connectivity index (χ0) is 8.48. The average Bonchev–Trinajstić information content (AvgIpc) is 2.10. The maximum atomic E-state index is 10.8. The van der Waals surface area contributed by atoms with E-state index in [1.807, 2.05) is 26.8 Å². The van der Waals surface area contributed by atoms with Gasteiger partial charge in [0.05, 0.1) is 11.7 Å². The van der Waals surface area contributed by atoms with Crippen LogP contribution in [-0.2, 0) is 9.53 Å². The summed E-state index contributed by atoms with van der Waals surface area (Å²) in [6, 6.07) is 0. The van der Waals surface area contributed by atoms with Gasteiger partial charge in [0, 0.05) is 6.42 Å². The van der Waals surface area contributed by atoms with E-state index in [1.54, 1.807) is 6.08 Å². The lowest BCUT2D eigenvalue weighted by molar-refractivity contribution is -0.117. The fourth-order valence-corrected chi connectivity index (χ4v) is 1.08. The smallest absolute Gasteiger partial charge is 0.158 e. The molecule has 0 fully saturated rings. The van der Waals surface area contributed by atoms with Gasteiger partial charge in [0.2, 0.25) is 0 Å². The summed E-state index contributed by atoms with van der Waals surface area (Å²) < 4.78 is 5.56. The summed E-state index contributed by atoms with van der Waals surface area (Å²) in [5.74, 6) is 0.166. The standard InChI is InChI=1S/C9H14O2/c1-9(2,3)11-8-5-4-7(10)6-8/h4-5,8H,6H2,1-3H3/t8-/m0/s1. The number of hydrogen-bond acceptors (Lipinski definition) is 2. The molecule has 0 aliphatic heterocycles. The number of carbonyl (C=O) groups excluding carboxylic acids is 1. The van der Waals surface area contributed by atoms with Crippen molar-refractivity contribution in [3.8, 4) is 0 Å². The van der Waals surface area contributed by atoms with Crippen LogP contribution in [-0.4, -0.2) is 17.5 Å². The lowest BCUT2D eigenvalue weighted by Crippen LogP contribution is -2.25. The minimum atomic E-state index is -0.153. The molecule has 2 heteroatoms. The number of carbonyl (C=O) groups is 1. The van der Waals surface area contributed by atoms with Crippen molar-refractivity contribution in [3.63, 3.8) is 0 Å². The number of ketones is 1. The predicted molar refractivity (Wildman–Crippen MR) is 43.4 cm³/mol. The Kier molecular flexibility index (Phi) is 2.14. The number of ether oxygens (including phenoxy) is 1. The van der Waals surface area contributed by atoms with Gasteiger partial charge in [-0.3, -0.25) is 4.79 Å². The summed E-state index contributed by atoms with van der Waals surface area (Å²) in [6.45, 7) is 5.97. The van der Waals surface area contributed by atoms with E-state index in [1.165, 1.54) is 0 Å². The molecule has 0 amide bonds. The molecule has 0 heterocycles. The van der Waals surface area contributed by atoms with Gasteiger partial charge in [-0.1, -0.05) is 6.08 Å². The summed E-state index contributed by atoms with van der Waals surface area (Å²) in [6.07, 6.45) is 3.93. The molecule has 0 saturated heterocycles. The maximum absolute atomic E-state index is 10.8. The molecule has 1 rings (SSSR count). The van der Waals surface area contributed by atoms with Crippen LogP contribution in [0.4, 0.5) is 0 Å². The second-order valence-corrected chi connectivity index (χ2v) is 3.80. The highest BCUT2D eigenvalue weighted by molar-refractivity contribution is 5.92. The Bertz CT molecular complexity index is 186. The van der Waals surface area contributed by atoms with E-state index in [-0.39, 0.29) is 17.5 Å². The van der Waals surface area contributed by atoms with Gasteiger partial charge < -0.3 is 4.74 Å². The van der Waals surface area contributed by atoms with Crippen LogP contribution >= 0.6 is 0 Å². The molecule has 0 aromatic heterocycles. The molecule has 0 spiro atoms. The van der Waals surface area contributed by atoms with Crippen LogP contribution in [0, 0.1) is 0 Å². The predicted octanol–water partition coefficient (Wildman–Crippen LogP) is 1.70. The molecule has 0 saturated carbocycles. The van der Waals surface area contributed by atoms with Crippen molar-refractivity contribution in [2.75, 3.05) is 0 Å². The summed E-state index contributed by atoms with van der Waals surface area (Å²) in [4.78, 5) is 10.8. The fraction of sp³-hybridized carbons (Fsp3) is 0.667. The van der Waals surface area contributed by atoms with Crippen molar-refractivity contribution >= 4 is 5.78 Å². The van der Waals surface area contributed by atoms with E-state index < -0.39 is 0 Å². The average molecular weight is 154 g/mol. The minimum absolute atomic E-state index is 0.00231. The van der Waals surface area contributed by atoms with Crippen LogP contribution in [0.5, 0.6) is 0 Å². The van der Waals surface area contributed by atoms with Crippen LogP contribution < -0.4 is 0 Å². The quantitative estimate of drug-likeness (QED) is 0.574. The Morgan fingerprint density at radius 3 is 2.55 bits per heavy atom. The first-order valence-corrected chi connectivity index (χ1v) is 3.86. The molecule has 1 atom stereocenters. The Labute approximate surface area is 67.2 Å². The van der Waals surface area contributed by atoms with E-state index >= 15 is 0 Å². The molecule has 0 unspecified atom stereocenters. The molecular formula is C9H14O2. The van der Waals surface area contributed by atoms with Gasteiger partial charge in [0.1, 0.15) is 0 Å². The Balaban J connectivity index is 2.42. The van der Waals surface area contributed by atoms with Crippen LogP contribution in [0.2, 0.25) is 0 Å². The van der Waals surface area contributed by atoms with E-state index in [0.717, 1.165) is 0 Å². The molecule has 1 aliphatic rings. The summed E-state index contributed by atoms with van der Waals surface area (Å²) in [5, 5.41) is 0. The van der Waals surface area contributed by atoms with Gasteiger partial charge in [-0.05, 0) is 26.8 Å². The van der Waals surface area contributed by atoms with Crippen LogP contribution in [0.15, 0.2) is 12.2 Å². The molecule has 1 aliphatic carbocycles. The second kappa shape index (κ2) is 2.78. The van der Waals surface area contributed by atoms with E-state index in [4.69, 9.17) is 4.74 Å². The second-order valence-electron chi connectivity index (χ2n) is 3.80. The van der Waals surface area contributed by atoms with Gasteiger partial charge in [-0.25, -0.2) is 0 Å².